The Labute approximate surface area is 153 Å². The van der Waals surface area contributed by atoms with Crippen molar-refractivity contribution < 1.29 is 19.5 Å². The lowest BCUT2D eigenvalue weighted by Gasteiger charge is -2.33. The van der Waals surface area contributed by atoms with Gasteiger partial charge in [-0.1, -0.05) is 25.3 Å². The van der Waals surface area contributed by atoms with Crippen LogP contribution in [0.25, 0.3) is 0 Å². The number of carboxylic acid groups (broad SMARTS) is 1. The predicted octanol–water partition coefficient (Wildman–Crippen LogP) is 3.28. The zero-order valence-corrected chi connectivity index (χ0v) is 14.9. The van der Waals surface area contributed by atoms with Crippen LogP contribution in [-0.2, 0) is 9.59 Å². The Balaban J connectivity index is 1.62. The van der Waals surface area contributed by atoms with Gasteiger partial charge < -0.3 is 15.3 Å². The van der Waals surface area contributed by atoms with Crippen LogP contribution in [0, 0.1) is 5.92 Å². The zero-order valence-electron chi connectivity index (χ0n) is 14.9. The van der Waals surface area contributed by atoms with Gasteiger partial charge in [0.2, 0.25) is 5.91 Å². The fourth-order valence-electron chi connectivity index (χ4n) is 3.67. The number of carboxylic acids is 1. The largest absolute Gasteiger partial charge is 0.480 e. The Morgan fingerprint density at radius 3 is 2.62 bits per heavy atom. The van der Waals surface area contributed by atoms with Gasteiger partial charge in [-0.15, -0.1) is 0 Å². The molecular weight excluding hydrogens is 332 g/mol. The van der Waals surface area contributed by atoms with Gasteiger partial charge in [-0.25, -0.2) is 4.79 Å². The minimum atomic E-state index is -0.960. The second-order valence-electron chi connectivity index (χ2n) is 7.31. The first-order valence-electron chi connectivity index (χ1n) is 9.48. The van der Waals surface area contributed by atoms with Crippen molar-refractivity contribution in [2.24, 2.45) is 5.92 Å². The molecule has 0 radical (unpaired) electrons. The molecule has 1 saturated heterocycles. The molecule has 6 heteroatoms. The molecule has 3 rings (SSSR count). The fraction of sp³-hybridized carbons (Fsp3) is 0.550. The Kier molecular flexibility index (Phi) is 5.91. The summed E-state index contributed by atoms with van der Waals surface area (Å²) in [4.78, 5) is 37.7. The number of hydrogen-bond donors (Lipinski definition) is 2. The minimum absolute atomic E-state index is 0.0390. The van der Waals surface area contributed by atoms with Crippen LogP contribution in [0.1, 0.15) is 61.7 Å². The maximum Gasteiger partial charge on any atom is 0.326 e. The monoisotopic (exact) mass is 358 g/mol. The smallest absolute Gasteiger partial charge is 0.326 e. The van der Waals surface area contributed by atoms with E-state index in [0.717, 1.165) is 19.3 Å². The number of amides is 2. The molecule has 0 spiro atoms. The summed E-state index contributed by atoms with van der Waals surface area (Å²) in [6, 6.07) is 6.01. The first-order chi connectivity index (χ1) is 12.5. The minimum Gasteiger partial charge on any atom is -0.480 e. The van der Waals surface area contributed by atoms with E-state index in [1.54, 1.807) is 24.3 Å². The summed E-state index contributed by atoms with van der Waals surface area (Å²) in [6.45, 7) is 0.452. The molecule has 26 heavy (non-hydrogen) atoms. The number of benzene rings is 1. The van der Waals surface area contributed by atoms with E-state index in [2.05, 4.69) is 5.32 Å². The molecule has 2 fully saturated rings. The molecule has 0 bridgehead atoms. The molecule has 1 aromatic rings. The molecule has 6 nitrogen and oxygen atoms in total. The molecule has 1 atom stereocenters. The maximum atomic E-state index is 12.8. The fourth-order valence-corrected chi connectivity index (χ4v) is 3.67. The molecule has 140 valence electrons. The van der Waals surface area contributed by atoms with E-state index < -0.39 is 12.0 Å². The number of nitrogens with one attached hydrogen (secondary N) is 1. The predicted molar refractivity (Wildman–Crippen MR) is 98.0 cm³/mol. The highest BCUT2D eigenvalue weighted by atomic mass is 16.4. The maximum absolute atomic E-state index is 12.8. The molecule has 1 heterocycles. The number of hydrogen-bond acceptors (Lipinski definition) is 3. The molecule has 1 unspecified atom stereocenters. The molecule has 1 aromatic carbocycles. The van der Waals surface area contributed by atoms with Crippen LogP contribution >= 0.6 is 0 Å². The summed E-state index contributed by atoms with van der Waals surface area (Å²) in [7, 11) is 0. The van der Waals surface area contributed by atoms with Crippen molar-refractivity contribution in [3.63, 3.8) is 0 Å². The lowest BCUT2D eigenvalue weighted by Crippen LogP contribution is -2.48. The van der Waals surface area contributed by atoms with Gasteiger partial charge in [0.25, 0.3) is 5.91 Å². The Bertz CT molecular complexity index is 684. The van der Waals surface area contributed by atoms with Crippen LogP contribution in [0.2, 0.25) is 0 Å². The third-order valence-electron chi connectivity index (χ3n) is 5.45. The van der Waals surface area contributed by atoms with Crippen LogP contribution in [0.15, 0.2) is 24.3 Å². The van der Waals surface area contributed by atoms with Gasteiger partial charge in [0.1, 0.15) is 6.04 Å². The number of carbonyl (C=O) groups excluding carboxylic acids is 2. The standard InChI is InChI=1S/C20H26N2O4/c23-18(11-10-14-5-3-6-14)21-16-8-4-7-15(13-16)19(24)22-12-2-1-9-17(22)20(25)26/h4,7-8,13-14,17H,1-3,5-6,9-12H2,(H,21,23)(H,25,26). The van der Waals surface area contributed by atoms with Gasteiger partial charge in [-0.2, -0.15) is 0 Å². The average molecular weight is 358 g/mol. The summed E-state index contributed by atoms with van der Waals surface area (Å²) < 4.78 is 0. The summed E-state index contributed by atoms with van der Waals surface area (Å²) in [5, 5.41) is 12.2. The third kappa shape index (κ3) is 4.42. The number of piperidine rings is 1. The van der Waals surface area contributed by atoms with E-state index in [1.807, 2.05) is 0 Å². The summed E-state index contributed by atoms with van der Waals surface area (Å²) in [6.07, 6.45) is 7.23. The van der Waals surface area contributed by atoms with E-state index in [9.17, 15) is 19.5 Å². The second kappa shape index (κ2) is 8.34. The van der Waals surface area contributed by atoms with Gasteiger partial charge in [-0.05, 0) is 49.8 Å². The second-order valence-corrected chi connectivity index (χ2v) is 7.31. The van der Waals surface area contributed by atoms with Crippen molar-refractivity contribution in [2.45, 2.75) is 57.4 Å². The summed E-state index contributed by atoms with van der Waals surface area (Å²) in [5.41, 5.74) is 0.994. The van der Waals surface area contributed by atoms with Crippen LogP contribution in [-0.4, -0.2) is 40.4 Å². The van der Waals surface area contributed by atoms with Crippen LogP contribution < -0.4 is 5.32 Å². The Hall–Kier alpha value is -2.37. The molecular formula is C20H26N2O4. The first-order valence-corrected chi connectivity index (χ1v) is 9.48. The highest BCUT2D eigenvalue weighted by molar-refractivity contribution is 5.99. The van der Waals surface area contributed by atoms with Gasteiger partial charge in [0.15, 0.2) is 0 Å². The van der Waals surface area contributed by atoms with Gasteiger partial charge >= 0.3 is 5.97 Å². The topological polar surface area (TPSA) is 86.7 Å². The number of anilines is 1. The lowest BCUT2D eigenvalue weighted by molar-refractivity contribution is -0.143. The first kappa shape index (κ1) is 18.4. The number of nitrogens with zero attached hydrogens (tertiary/aromatic N) is 1. The number of likely N-dealkylation sites (tertiary alicyclic amines) is 1. The molecule has 2 N–H and O–H groups in total. The highest BCUT2D eigenvalue weighted by Gasteiger charge is 2.32. The van der Waals surface area contributed by atoms with E-state index in [-0.39, 0.29) is 11.8 Å². The summed E-state index contributed by atoms with van der Waals surface area (Å²) in [5.74, 6) is -0.607. The molecule has 1 aliphatic heterocycles. The molecule has 1 aliphatic carbocycles. The van der Waals surface area contributed by atoms with E-state index in [4.69, 9.17) is 0 Å². The van der Waals surface area contributed by atoms with Crippen molar-refractivity contribution in [2.75, 3.05) is 11.9 Å². The Morgan fingerprint density at radius 2 is 1.92 bits per heavy atom. The van der Waals surface area contributed by atoms with Gasteiger partial charge in [0.05, 0.1) is 0 Å². The number of aliphatic carboxylic acids is 1. The van der Waals surface area contributed by atoms with Crippen LogP contribution in [0.4, 0.5) is 5.69 Å². The molecule has 2 aliphatic rings. The van der Waals surface area contributed by atoms with Crippen molar-refractivity contribution in [3.8, 4) is 0 Å². The number of rotatable bonds is 6. The van der Waals surface area contributed by atoms with Gasteiger partial charge in [-0.3, -0.25) is 9.59 Å². The highest BCUT2D eigenvalue weighted by Crippen LogP contribution is 2.30. The normalized spacial score (nSPS) is 20.3. The SMILES string of the molecule is O=C(CCC1CCC1)Nc1cccc(C(=O)N2CCCCC2C(=O)O)c1. The van der Waals surface area contributed by atoms with Crippen molar-refractivity contribution >= 4 is 23.5 Å². The van der Waals surface area contributed by atoms with Crippen molar-refractivity contribution in [1.82, 2.24) is 4.90 Å². The van der Waals surface area contributed by atoms with Crippen LogP contribution in [0.3, 0.4) is 0 Å². The van der Waals surface area contributed by atoms with Crippen LogP contribution in [0.5, 0.6) is 0 Å². The quantitative estimate of drug-likeness (QED) is 0.817. The van der Waals surface area contributed by atoms with Crippen molar-refractivity contribution in [3.05, 3.63) is 29.8 Å². The number of carbonyl (C=O) groups is 3. The molecule has 1 saturated carbocycles. The summed E-state index contributed by atoms with van der Waals surface area (Å²) >= 11 is 0. The van der Waals surface area contributed by atoms with Crippen molar-refractivity contribution in [1.29, 1.82) is 0 Å². The van der Waals surface area contributed by atoms with Gasteiger partial charge in [0, 0.05) is 24.2 Å². The average Bonchev–Trinajstić information content (AvgIpc) is 2.60. The molecule has 0 aromatic heterocycles. The zero-order chi connectivity index (χ0) is 18.5. The third-order valence-corrected chi connectivity index (χ3v) is 5.45. The Morgan fingerprint density at radius 1 is 1.12 bits per heavy atom. The van der Waals surface area contributed by atoms with E-state index in [1.165, 1.54) is 24.2 Å². The lowest BCUT2D eigenvalue weighted by atomic mass is 9.82. The van der Waals surface area contributed by atoms with E-state index >= 15 is 0 Å². The molecule has 2 amide bonds. The van der Waals surface area contributed by atoms with E-state index in [0.29, 0.717) is 36.6 Å².